The maximum absolute atomic E-state index is 11.9. The van der Waals surface area contributed by atoms with Crippen molar-refractivity contribution in [1.29, 1.82) is 0 Å². The lowest BCUT2D eigenvalue weighted by Gasteiger charge is -2.03. The number of carbonyl (C=O) groups excluding carboxylic acids is 1. The van der Waals surface area contributed by atoms with Crippen LogP contribution in [0.5, 0.6) is 0 Å². The lowest BCUT2D eigenvalue weighted by atomic mass is 10.0. The van der Waals surface area contributed by atoms with Crippen molar-refractivity contribution in [3.8, 4) is 0 Å². The van der Waals surface area contributed by atoms with E-state index >= 15 is 0 Å². The van der Waals surface area contributed by atoms with Gasteiger partial charge in [0.05, 0.1) is 6.21 Å². The second kappa shape index (κ2) is 17.0. The average molecular weight is 427 g/mol. The summed E-state index contributed by atoms with van der Waals surface area (Å²) in [6.45, 7) is 2.28. The molecule has 0 unspecified atom stereocenters. The molecule has 0 saturated carbocycles. The monoisotopic (exact) mass is 426 g/mol. The van der Waals surface area contributed by atoms with Gasteiger partial charge >= 0.3 is 0 Å². The highest BCUT2D eigenvalue weighted by atomic mass is 16.2. The first-order valence-electron chi connectivity index (χ1n) is 13.2. The fraction of sp³-hybridized carbons (Fsp3) is 0.714. The molecule has 0 spiro atoms. The number of rotatable bonds is 18. The Morgan fingerprint density at radius 1 is 0.806 bits per heavy atom. The summed E-state index contributed by atoms with van der Waals surface area (Å²) in [7, 11) is 0. The predicted molar refractivity (Wildman–Crippen MR) is 134 cm³/mol. The smallest absolute Gasteiger partial charge is 0.240 e. The summed E-state index contributed by atoms with van der Waals surface area (Å²) < 4.78 is 0. The summed E-state index contributed by atoms with van der Waals surface area (Å²) in [6, 6.07) is 6.49. The molecule has 0 heterocycles. The minimum atomic E-state index is 0.0344. The van der Waals surface area contributed by atoms with Gasteiger partial charge < -0.3 is 0 Å². The molecule has 2 rings (SSSR count). The first-order chi connectivity index (χ1) is 15.3. The third-order valence-electron chi connectivity index (χ3n) is 6.53. The largest absolute Gasteiger partial charge is 0.273 e. The lowest BCUT2D eigenvalue weighted by molar-refractivity contribution is -0.121. The normalized spacial score (nSPS) is 13.1. The number of amides is 1. The summed E-state index contributed by atoms with van der Waals surface area (Å²) in [5, 5.41) is 4.13. The van der Waals surface area contributed by atoms with Crippen LogP contribution in [-0.4, -0.2) is 12.1 Å². The third-order valence-corrected chi connectivity index (χ3v) is 6.53. The Balaban J connectivity index is 1.35. The van der Waals surface area contributed by atoms with Crippen LogP contribution in [0.4, 0.5) is 0 Å². The van der Waals surface area contributed by atoms with Gasteiger partial charge in [-0.15, -0.1) is 0 Å². The number of nitrogens with zero attached hydrogens (tertiary/aromatic N) is 1. The molecule has 3 heteroatoms. The zero-order valence-corrected chi connectivity index (χ0v) is 20.1. The number of carbonyl (C=O) groups is 1. The van der Waals surface area contributed by atoms with Gasteiger partial charge in [-0.05, 0) is 48.4 Å². The van der Waals surface area contributed by atoms with Gasteiger partial charge in [0.15, 0.2) is 0 Å². The van der Waals surface area contributed by atoms with Crippen LogP contribution >= 0.6 is 0 Å². The molecule has 1 N–H and O–H groups in total. The van der Waals surface area contributed by atoms with Crippen molar-refractivity contribution >= 4 is 12.1 Å². The molecule has 1 amide bonds. The molecule has 0 saturated heterocycles. The molecule has 0 atom stereocenters. The minimum absolute atomic E-state index is 0.0344. The molecule has 1 aromatic carbocycles. The Hall–Kier alpha value is -1.64. The van der Waals surface area contributed by atoms with Crippen LogP contribution in [0.25, 0.3) is 0 Å². The Morgan fingerprint density at radius 2 is 1.35 bits per heavy atom. The molecule has 0 fully saturated rings. The van der Waals surface area contributed by atoms with Crippen molar-refractivity contribution in [2.45, 2.75) is 129 Å². The Kier molecular flexibility index (Phi) is 14.0. The average Bonchev–Trinajstić information content (AvgIpc) is 3.24. The number of hydrogen-bond donors (Lipinski definition) is 1. The maximum Gasteiger partial charge on any atom is 0.240 e. The zero-order valence-electron chi connectivity index (χ0n) is 20.1. The van der Waals surface area contributed by atoms with Crippen LogP contribution in [-0.2, 0) is 17.6 Å². The van der Waals surface area contributed by atoms with Gasteiger partial charge in [-0.25, -0.2) is 5.43 Å². The van der Waals surface area contributed by atoms with Gasteiger partial charge in [0, 0.05) is 6.42 Å². The summed E-state index contributed by atoms with van der Waals surface area (Å²) in [5.74, 6) is 0.0344. The van der Waals surface area contributed by atoms with Crippen molar-refractivity contribution in [2.24, 2.45) is 5.10 Å². The second-order valence-corrected chi connectivity index (χ2v) is 9.37. The molecule has 3 nitrogen and oxygen atoms in total. The number of nitrogens with one attached hydrogen (secondary N) is 1. The van der Waals surface area contributed by atoms with Gasteiger partial charge in [0.25, 0.3) is 0 Å². The molecule has 0 radical (unpaired) electrons. The van der Waals surface area contributed by atoms with E-state index in [2.05, 4.69) is 35.7 Å². The van der Waals surface area contributed by atoms with E-state index in [0.29, 0.717) is 6.42 Å². The summed E-state index contributed by atoms with van der Waals surface area (Å²) in [6.07, 6.45) is 26.1. The van der Waals surface area contributed by atoms with E-state index < -0.39 is 0 Å². The van der Waals surface area contributed by atoms with Crippen molar-refractivity contribution in [3.63, 3.8) is 0 Å². The second-order valence-electron chi connectivity index (χ2n) is 9.37. The number of benzene rings is 1. The Labute approximate surface area is 191 Å². The first kappa shape index (κ1) is 25.6. The highest BCUT2D eigenvalue weighted by Crippen LogP contribution is 2.22. The molecule has 0 aliphatic heterocycles. The van der Waals surface area contributed by atoms with Crippen molar-refractivity contribution < 1.29 is 4.79 Å². The van der Waals surface area contributed by atoms with Crippen LogP contribution < -0.4 is 5.43 Å². The minimum Gasteiger partial charge on any atom is -0.273 e. The third kappa shape index (κ3) is 12.1. The Bertz CT molecular complexity index is 638. The number of aryl methyl sites for hydroxylation is 2. The van der Waals surface area contributed by atoms with E-state index in [1.54, 1.807) is 6.21 Å². The zero-order chi connectivity index (χ0) is 22.0. The molecule has 1 aromatic rings. The molecule has 1 aliphatic carbocycles. The van der Waals surface area contributed by atoms with E-state index in [1.165, 1.54) is 114 Å². The Morgan fingerprint density at radius 3 is 1.97 bits per heavy atom. The predicted octanol–water partition coefficient (Wildman–Crippen LogP) is 7.89. The van der Waals surface area contributed by atoms with Crippen molar-refractivity contribution in [1.82, 2.24) is 5.43 Å². The highest BCUT2D eigenvalue weighted by molar-refractivity contribution is 5.82. The standard InChI is InChI=1S/C28H46N2O/c1-2-3-4-5-6-7-8-9-10-11-12-13-14-15-16-20-28(31)30-29-24-25-21-22-26-18-17-19-27(26)23-25/h21-24H,2-20H2,1H3,(H,30,31). The van der Waals surface area contributed by atoms with E-state index in [1.807, 2.05) is 0 Å². The topological polar surface area (TPSA) is 41.5 Å². The van der Waals surface area contributed by atoms with Crippen LogP contribution in [0.15, 0.2) is 23.3 Å². The van der Waals surface area contributed by atoms with Gasteiger partial charge in [-0.2, -0.15) is 5.10 Å². The molecule has 174 valence electrons. The number of hydrogen-bond acceptors (Lipinski definition) is 2. The molecule has 1 aliphatic rings. The van der Waals surface area contributed by atoms with E-state index in [9.17, 15) is 4.79 Å². The molecule has 31 heavy (non-hydrogen) atoms. The van der Waals surface area contributed by atoms with Crippen LogP contribution in [0.1, 0.15) is 133 Å². The summed E-state index contributed by atoms with van der Waals surface area (Å²) >= 11 is 0. The first-order valence-corrected chi connectivity index (χ1v) is 13.2. The molecular formula is C28H46N2O. The SMILES string of the molecule is CCCCCCCCCCCCCCCCCC(=O)NN=Cc1ccc2c(c1)CCC2. The van der Waals surface area contributed by atoms with Gasteiger partial charge in [0.2, 0.25) is 5.91 Å². The molecule has 0 aromatic heterocycles. The fourth-order valence-corrected chi connectivity index (χ4v) is 4.56. The molecular weight excluding hydrogens is 380 g/mol. The number of unbranched alkanes of at least 4 members (excludes halogenated alkanes) is 14. The fourth-order valence-electron chi connectivity index (χ4n) is 4.56. The lowest BCUT2D eigenvalue weighted by Crippen LogP contribution is -2.16. The number of hydrazone groups is 1. The van der Waals surface area contributed by atoms with E-state index in [0.717, 1.165) is 18.4 Å². The molecule has 0 bridgehead atoms. The summed E-state index contributed by atoms with van der Waals surface area (Å²) in [5.41, 5.74) is 6.66. The van der Waals surface area contributed by atoms with E-state index in [4.69, 9.17) is 0 Å². The number of fused-ring (bicyclic) bond motifs is 1. The summed E-state index contributed by atoms with van der Waals surface area (Å²) in [4.78, 5) is 11.9. The van der Waals surface area contributed by atoms with Crippen LogP contribution in [0.3, 0.4) is 0 Å². The van der Waals surface area contributed by atoms with E-state index in [-0.39, 0.29) is 5.91 Å². The van der Waals surface area contributed by atoms with Crippen molar-refractivity contribution in [2.75, 3.05) is 0 Å². The van der Waals surface area contributed by atoms with Gasteiger partial charge in [-0.3, -0.25) is 4.79 Å². The van der Waals surface area contributed by atoms with Gasteiger partial charge in [0.1, 0.15) is 0 Å². The highest BCUT2D eigenvalue weighted by Gasteiger charge is 2.10. The van der Waals surface area contributed by atoms with Crippen LogP contribution in [0.2, 0.25) is 0 Å². The van der Waals surface area contributed by atoms with Crippen LogP contribution in [0, 0.1) is 0 Å². The maximum atomic E-state index is 11.9. The van der Waals surface area contributed by atoms with Gasteiger partial charge in [-0.1, -0.05) is 109 Å². The quantitative estimate of drug-likeness (QED) is 0.145. The van der Waals surface area contributed by atoms with Crippen molar-refractivity contribution in [3.05, 3.63) is 34.9 Å².